The lowest BCUT2D eigenvalue weighted by Gasteiger charge is -2.10. The van der Waals surface area contributed by atoms with Crippen LogP contribution in [0.25, 0.3) is 5.52 Å². The standard InChI is InChI=1S/C10H14N4O/c1-2-8(11)7-13-5-6-14-9(10(13)15)3-4-12-14/h3-6,8H,2,7,11H2,1H3. The van der Waals surface area contributed by atoms with Gasteiger partial charge in [-0.05, 0) is 12.5 Å². The summed E-state index contributed by atoms with van der Waals surface area (Å²) in [6.07, 6.45) is 5.95. The molecule has 0 saturated heterocycles. The van der Waals surface area contributed by atoms with Crippen molar-refractivity contribution in [2.24, 2.45) is 5.73 Å². The van der Waals surface area contributed by atoms with Gasteiger partial charge in [-0.15, -0.1) is 0 Å². The number of nitrogens with zero attached hydrogens (tertiary/aromatic N) is 3. The van der Waals surface area contributed by atoms with Gasteiger partial charge in [0.25, 0.3) is 5.56 Å². The number of fused-ring (bicyclic) bond motifs is 1. The van der Waals surface area contributed by atoms with Crippen LogP contribution in [-0.2, 0) is 6.54 Å². The SMILES string of the molecule is CCC(N)Cn1ccn2nccc2c1=O. The fourth-order valence-corrected chi connectivity index (χ4v) is 1.49. The van der Waals surface area contributed by atoms with Crippen LogP contribution in [0.3, 0.4) is 0 Å². The maximum absolute atomic E-state index is 11.9. The molecule has 80 valence electrons. The molecule has 1 unspecified atom stereocenters. The molecule has 5 nitrogen and oxygen atoms in total. The Morgan fingerprint density at radius 1 is 1.53 bits per heavy atom. The Labute approximate surface area is 87.1 Å². The number of aromatic nitrogens is 3. The first-order chi connectivity index (χ1) is 7.22. The van der Waals surface area contributed by atoms with Crippen LogP contribution in [0.5, 0.6) is 0 Å². The second kappa shape index (κ2) is 3.86. The Hall–Kier alpha value is -1.62. The van der Waals surface area contributed by atoms with Gasteiger partial charge in [0.2, 0.25) is 0 Å². The first kappa shape index (κ1) is 9.92. The van der Waals surface area contributed by atoms with Crippen LogP contribution in [0.2, 0.25) is 0 Å². The van der Waals surface area contributed by atoms with Crippen LogP contribution < -0.4 is 11.3 Å². The Morgan fingerprint density at radius 2 is 2.33 bits per heavy atom. The Kier molecular flexibility index (Phi) is 2.55. The van der Waals surface area contributed by atoms with Crippen LogP contribution in [0.15, 0.2) is 29.5 Å². The first-order valence-corrected chi connectivity index (χ1v) is 5.00. The predicted octanol–water partition coefficient (Wildman–Crippen LogP) is 0.233. The molecule has 2 heterocycles. The van der Waals surface area contributed by atoms with Crippen LogP contribution in [-0.4, -0.2) is 20.2 Å². The van der Waals surface area contributed by atoms with Crippen LogP contribution in [0, 0.1) is 0 Å². The zero-order chi connectivity index (χ0) is 10.8. The summed E-state index contributed by atoms with van der Waals surface area (Å²) < 4.78 is 3.20. The van der Waals surface area contributed by atoms with Gasteiger partial charge in [0, 0.05) is 25.0 Å². The third-order valence-electron chi connectivity index (χ3n) is 2.49. The molecular formula is C10H14N4O. The second-order valence-electron chi connectivity index (χ2n) is 3.59. The molecule has 0 amide bonds. The number of nitrogens with two attached hydrogens (primary N) is 1. The van der Waals surface area contributed by atoms with Gasteiger partial charge in [0.15, 0.2) is 0 Å². The van der Waals surface area contributed by atoms with Crippen molar-refractivity contribution in [3.05, 3.63) is 35.0 Å². The first-order valence-electron chi connectivity index (χ1n) is 5.00. The third kappa shape index (κ3) is 1.78. The minimum absolute atomic E-state index is 0.0214. The highest BCUT2D eigenvalue weighted by molar-refractivity contribution is 5.42. The molecule has 2 aromatic heterocycles. The van der Waals surface area contributed by atoms with Crippen LogP contribution >= 0.6 is 0 Å². The van der Waals surface area contributed by atoms with Gasteiger partial charge < -0.3 is 10.3 Å². The fourth-order valence-electron chi connectivity index (χ4n) is 1.49. The molecule has 2 rings (SSSR count). The highest BCUT2D eigenvalue weighted by Gasteiger charge is 2.05. The molecule has 0 aliphatic heterocycles. The molecule has 0 bridgehead atoms. The number of rotatable bonds is 3. The van der Waals surface area contributed by atoms with Gasteiger partial charge in [0.1, 0.15) is 5.52 Å². The molecule has 15 heavy (non-hydrogen) atoms. The zero-order valence-electron chi connectivity index (χ0n) is 8.63. The van der Waals surface area contributed by atoms with Crippen LogP contribution in [0.4, 0.5) is 0 Å². The van der Waals surface area contributed by atoms with E-state index in [4.69, 9.17) is 5.73 Å². The smallest absolute Gasteiger partial charge is 0.276 e. The molecular weight excluding hydrogens is 192 g/mol. The Bertz CT molecular complexity index is 513. The van der Waals surface area contributed by atoms with Gasteiger partial charge in [-0.3, -0.25) is 4.79 Å². The van der Waals surface area contributed by atoms with E-state index in [0.29, 0.717) is 12.1 Å². The summed E-state index contributed by atoms with van der Waals surface area (Å²) in [6, 6.07) is 1.73. The molecule has 0 saturated carbocycles. The molecule has 0 aliphatic carbocycles. The van der Waals surface area contributed by atoms with Gasteiger partial charge in [0.05, 0.1) is 6.20 Å². The largest absolute Gasteiger partial charge is 0.326 e. The summed E-state index contributed by atoms with van der Waals surface area (Å²) in [5.41, 5.74) is 6.35. The fraction of sp³-hybridized carbons (Fsp3) is 0.400. The summed E-state index contributed by atoms with van der Waals surface area (Å²) in [5, 5.41) is 3.99. The van der Waals surface area contributed by atoms with E-state index in [2.05, 4.69) is 5.10 Å². The second-order valence-corrected chi connectivity index (χ2v) is 3.59. The van der Waals surface area contributed by atoms with E-state index in [1.807, 2.05) is 6.92 Å². The monoisotopic (exact) mass is 206 g/mol. The quantitative estimate of drug-likeness (QED) is 0.782. The number of hydrogen-bond acceptors (Lipinski definition) is 3. The molecule has 5 heteroatoms. The minimum Gasteiger partial charge on any atom is -0.326 e. The minimum atomic E-state index is -0.0427. The summed E-state index contributed by atoms with van der Waals surface area (Å²) in [7, 11) is 0. The molecule has 0 fully saturated rings. The van der Waals surface area contributed by atoms with Gasteiger partial charge >= 0.3 is 0 Å². The van der Waals surface area contributed by atoms with E-state index in [1.54, 1.807) is 33.7 Å². The van der Waals surface area contributed by atoms with Crippen molar-refractivity contribution < 1.29 is 0 Å². The Balaban J connectivity index is 2.44. The van der Waals surface area contributed by atoms with Gasteiger partial charge in [-0.25, -0.2) is 4.52 Å². The van der Waals surface area contributed by atoms with E-state index in [1.165, 1.54) is 0 Å². The average molecular weight is 206 g/mol. The molecule has 2 aromatic rings. The van der Waals surface area contributed by atoms with Crippen molar-refractivity contribution in [1.82, 2.24) is 14.2 Å². The lowest BCUT2D eigenvalue weighted by atomic mass is 10.2. The van der Waals surface area contributed by atoms with Crippen molar-refractivity contribution >= 4 is 5.52 Å². The summed E-state index contributed by atoms with van der Waals surface area (Å²) >= 11 is 0. The van der Waals surface area contributed by atoms with E-state index >= 15 is 0 Å². The van der Waals surface area contributed by atoms with E-state index < -0.39 is 0 Å². The molecule has 0 aromatic carbocycles. The van der Waals surface area contributed by atoms with Crippen molar-refractivity contribution in [2.75, 3.05) is 0 Å². The lowest BCUT2D eigenvalue weighted by Crippen LogP contribution is -2.31. The molecule has 0 aliphatic rings. The predicted molar refractivity (Wildman–Crippen MR) is 57.7 cm³/mol. The van der Waals surface area contributed by atoms with E-state index in [-0.39, 0.29) is 11.6 Å². The molecule has 2 N–H and O–H groups in total. The average Bonchev–Trinajstić information content (AvgIpc) is 2.70. The van der Waals surface area contributed by atoms with Crippen molar-refractivity contribution in [1.29, 1.82) is 0 Å². The molecule has 0 spiro atoms. The van der Waals surface area contributed by atoms with Crippen LogP contribution in [0.1, 0.15) is 13.3 Å². The van der Waals surface area contributed by atoms with Crippen molar-refractivity contribution in [2.45, 2.75) is 25.9 Å². The van der Waals surface area contributed by atoms with E-state index in [0.717, 1.165) is 6.42 Å². The van der Waals surface area contributed by atoms with Gasteiger partial charge in [-0.1, -0.05) is 6.92 Å². The summed E-state index contributed by atoms with van der Waals surface area (Å²) in [5.74, 6) is 0. The molecule has 0 radical (unpaired) electrons. The summed E-state index contributed by atoms with van der Waals surface area (Å²) in [4.78, 5) is 11.9. The Morgan fingerprint density at radius 3 is 3.07 bits per heavy atom. The normalized spacial score (nSPS) is 13.2. The topological polar surface area (TPSA) is 65.3 Å². The highest BCUT2D eigenvalue weighted by atomic mass is 16.1. The summed E-state index contributed by atoms with van der Waals surface area (Å²) in [6.45, 7) is 2.56. The number of hydrogen-bond donors (Lipinski definition) is 1. The zero-order valence-corrected chi connectivity index (χ0v) is 8.63. The maximum atomic E-state index is 11.9. The highest BCUT2D eigenvalue weighted by Crippen LogP contribution is 1.96. The lowest BCUT2D eigenvalue weighted by molar-refractivity contribution is 0.526. The van der Waals surface area contributed by atoms with Crippen molar-refractivity contribution in [3.8, 4) is 0 Å². The van der Waals surface area contributed by atoms with Crippen molar-refractivity contribution in [3.63, 3.8) is 0 Å². The van der Waals surface area contributed by atoms with Gasteiger partial charge in [-0.2, -0.15) is 5.10 Å². The maximum Gasteiger partial charge on any atom is 0.276 e. The van der Waals surface area contributed by atoms with E-state index in [9.17, 15) is 4.79 Å². The molecule has 1 atom stereocenters. The third-order valence-corrected chi connectivity index (χ3v) is 2.49.